The highest BCUT2D eigenvalue weighted by molar-refractivity contribution is 7.11. The van der Waals surface area contributed by atoms with Crippen molar-refractivity contribution in [2.24, 2.45) is 11.3 Å². The largest absolute Gasteiger partial charge is 0.377 e. The first-order chi connectivity index (χ1) is 8.59. The van der Waals surface area contributed by atoms with Crippen LogP contribution in [0.15, 0.2) is 12.1 Å². The first-order valence-corrected chi connectivity index (χ1v) is 7.81. The summed E-state index contributed by atoms with van der Waals surface area (Å²) >= 11 is 1.90. The van der Waals surface area contributed by atoms with Gasteiger partial charge in [0.25, 0.3) is 0 Å². The number of fused-ring (bicyclic) bond motifs is 1. The van der Waals surface area contributed by atoms with Gasteiger partial charge in [-0.2, -0.15) is 0 Å². The van der Waals surface area contributed by atoms with Crippen molar-refractivity contribution in [3.63, 3.8) is 0 Å². The Bertz CT molecular complexity index is 426. The number of rotatable bonds is 3. The van der Waals surface area contributed by atoms with Gasteiger partial charge in [0.15, 0.2) is 0 Å². The lowest BCUT2D eigenvalue weighted by atomic mass is 9.55. The molecule has 0 spiro atoms. The Balaban J connectivity index is 1.62. The molecule has 100 valence electrons. The highest BCUT2D eigenvalue weighted by Crippen LogP contribution is 2.51. The fourth-order valence-corrected chi connectivity index (χ4v) is 4.57. The molecule has 1 saturated carbocycles. The molecule has 1 saturated heterocycles. The molecule has 1 aliphatic heterocycles. The van der Waals surface area contributed by atoms with E-state index in [2.05, 4.69) is 38.2 Å². The molecule has 2 aliphatic rings. The zero-order chi connectivity index (χ0) is 12.8. The number of nitrogens with one attached hydrogen (secondary N) is 1. The van der Waals surface area contributed by atoms with Crippen LogP contribution < -0.4 is 5.32 Å². The van der Waals surface area contributed by atoms with Crippen LogP contribution in [0.2, 0.25) is 0 Å². The van der Waals surface area contributed by atoms with Crippen LogP contribution in [0.3, 0.4) is 0 Å². The molecule has 1 N–H and O–H groups in total. The lowest BCUT2D eigenvalue weighted by Crippen LogP contribution is -2.69. The predicted molar refractivity (Wildman–Crippen MR) is 75.9 cm³/mol. The van der Waals surface area contributed by atoms with Crippen molar-refractivity contribution in [2.45, 2.75) is 52.3 Å². The van der Waals surface area contributed by atoms with Gasteiger partial charge in [0.2, 0.25) is 0 Å². The summed E-state index contributed by atoms with van der Waals surface area (Å²) in [5, 5.41) is 3.77. The second-order valence-corrected chi connectivity index (χ2v) is 7.66. The summed E-state index contributed by atoms with van der Waals surface area (Å²) < 4.78 is 5.94. The monoisotopic (exact) mass is 265 g/mol. The zero-order valence-electron chi connectivity index (χ0n) is 11.5. The van der Waals surface area contributed by atoms with E-state index in [1.807, 2.05) is 11.3 Å². The molecule has 1 aromatic rings. The van der Waals surface area contributed by atoms with Gasteiger partial charge in [0.05, 0.1) is 6.10 Å². The van der Waals surface area contributed by atoms with E-state index in [0.717, 1.165) is 19.1 Å². The van der Waals surface area contributed by atoms with Gasteiger partial charge in [0, 0.05) is 40.3 Å². The molecule has 3 unspecified atom stereocenters. The molecule has 2 nitrogen and oxygen atoms in total. The summed E-state index contributed by atoms with van der Waals surface area (Å²) in [6.07, 6.45) is 3.04. The molecular weight excluding hydrogens is 242 g/mol. The van der Waals surface area contributed by atoms with Crippen LogP contribution in [0.5, 0.6) is 0 Å². The van der Waals surface area contributed by atoms with Crippen molar-refractivity contribution in [2.75, 3.05) is 6.61 Å². The SMILES string of the molecule is Cc1ccc(CNC2C3CCCOC3C2(C)C)s1. The fourth-order valence-electron chi connectivity index (χ4n) is 3.73. The summed E-state index contributed by atoms with van der Waals surface area (Å²) in [5.74, 6) is 0.731. The van der Waals surface area contributed by atoms with E-state index >= 15 is 0 Å². The first kappa shape index (κ1) is 12.6. The van der Waals surface area contributed by atoms with Gasteiger partial charge in [0.1, 0.15) is 0 Å². The molecule has 0 radical (unpaired) electrons. The van der Waals surface area contributed by atoms with Crippen molar-refractivity contribution in [3.05, 3.63) is 21.9 Å². The van der Waals surface area contributed by atoms with E-state index in [1.165, 1.54) is 22.6 Å². The van der Waals surface area contributed by atoms with Crippen molar-refractivity contribution >= 4 is 11.3 Å². The molecule has 18 heavy (non-hydrogen) atoms. The maximum absolute atomic E-state index is 5.94. The number of thiophene rings is 1. The molecular formula is C15H23NOS. The van der Waals surface area contributed by atoms with Gasteiger partial charge in [-0.05, 0) is 31.9 Å². The summed E-state index contributed by atoms with van der Waals surface area (Å²) in [5.41, 5.74) is 0.289. The van der Waals surface area contributed by atoms with Crippen molar-refractivity contribution in [1.82, 2.24) is 5.32 Å². The van der Waals surface area contributed by atoms with Gasteiger partial charge in [-0.3, -0.25) is 0 Å². The Morgan fingerprint density at radius 2 is 2.28 bits per heavy atom. The zero-order valence-corrected chi connectivity index (χ0v) is 12.3. The lowest BCUT2D eigenvalue weighted by Gasteiger charge is -2.60. The van der Waals surface area contributed by atoms with E-state index in [9.17, 15) is 0 Å². The Morgan fingerprint density at radius 3 is 3.00 bits per heavy atom. The quantitative estimate of drug-likeness (QED) is 0.905. The Hall–Kier alpha value is -0.380. The van der Waals surface area contributed by atoms with Crippen LogP contribution in [0.1, 0.15) is 36.4 Å². The second-order valence-electron chi connectivity index (χ2n) is 6.29. The average Bonchev–Trinajstić information content (AvgIpc) is 2.75. The Kier molecular flexibility index (Phi) is 3.25. The van der Waals surface area contributed by atoms with E-state index in [4.69, 9.17) is 4.74 Å². The van der Waals surface area contributed by atoms with E-state index in [0.29, 0.717) is 12.1 Å². The normalized spacial score (nSPS) is 33.8. The number of hydrogen-bond donors (Lipinski definition) is 1. The topological polar surface area (TPSA) is 21.3 Å². The van der Waals surface area contributed by atoms with Gasteiger partial charge in [-0.15, -0.1) is 11.3 Å². The third kappa shape index (κ3) is 2.02. The van der Waals surface area contributed by atoms with Crippen molar-refractivity contribution < 1.29 is 4.74 Å². The Labute approximate surface area is 114 Å². The predicted octanol–water partition coefficient (Wildman–Crippen LogP) is 3.35. The van der Waals surface area contributed by atoms with E-state index < -0.39 is 0 Å². The highest BCUT2D eigenvalue weighted by Gasteiger charge is 2.57. The van der Waals surface area contributed by atoms with Gasteiger partial charge >= 0.3 is 0 Å². The minimum atomic E-state index is 0.289. The van der Waals surface area contributed by atoms with Crippen molar-refractivity contribution in [3.8, 4) is 0 Å². The van der Waals surface area contributed by atoms with Crippen LogP contribution >= 0.6 is 11.3 Å². The summed E-state index contributed by atoms with van der Waals surface area (Å²) in [6.45, 7) is 8.83. The summed E-state index contributed by atoms with van der Waals surface area (Å²) in [7, 11) is 0. The van der Waals surface area contributed by atoms with Crippen LogP contribution in [0.25, 0.3) is 0 Å². The highest BCUT2D eigenvalue weighted by atomic mass is 32.1. The molecule has 0 aromatic carbocycles. The van der Waals surface area contributed by atoms with Gasteiger partial charge in [-0.1, -0.05) is 13.8 Å². The van der Waals surface area contributed by atoms with Crippen LogP contribution in [-0.4, -0.2) is 18.8 Å². The van der Waals surface area contributed by atoms with Gasteiger partial charge < -0.3 is 10.1 Å². The standard InChI is InChI=1S/C15H23NOS/c1-10-6-7-11(18-10)9-16-13-12-5-4-8-17-14(12)15(13,2)3/h6-7,12-14,16H,4-5,8-9H2,1-3H3. The third-order valence-electron chi connectivity index (χ3n) is 4.62. The summed E-state index contributed by atoms with van der Waals surface area (Å²) in [4.78, 5) is 2.85. The van der Waals surface area contributed by atoms with Crippen molar-refractivity contribution in [1.29, 1.82) is 0 Å². The number of hydrogen-bond acceptors (Lipinski definition) is 3. The average molecular weight is 265 g/mol. The molecule has 3 atom stereocenters. The minimum Gasteiger partial charge on any atom is -0.377 e. The Morgan fingerprint density at radius 1 is 1.44 bits per heavy atom. The maximum Gasteiger partial charge on any atom is 0.0684 e. The fraction of sp³-hybridized carbons (Fsp3) is 0.733. The molecule has 2 heterocycles. The van der Waals surface area contributed by atoms with Crippen LogP contribution in [0.4, 0.5) is 0 Å². The molecule has 2 fully saturated rings. The summed E-state index contributed by atoms with van der Waals surface area (Å²) in [6, 6.07) is 5.07. The maximum atomic E-state index is 5.94. The van der Waals surface area contributed by atoms with Crippen LogP contribution in [-0.2, 0) is 11.3 Å². The number of ether oxygens (including phenoxy) is 1. The number of aryl methyl sites for hydroxylation is 1. The van der Waals surface area contributed by atoms with E-state index in [1.54, 1.807) is 0 Å². The smallest absolute Gasteiger partial charge is 0.0684 e. The molecule has 1 aromatic heterocycles. The third-order valence-corrected chi connectivity index (χ3v) is 5.62. The molecule has 1 aliphatic carbocycles. The van der Waals surface area contributed by atoms with E-state index in [-0.39, 0.29) is 5.41 Å². The molecule has 0 amide bonds. The minimum absolute atomic E-state index is 0.289. The van der Waals surface area contributed by atoms with Gasteiger partial charge in [-0.25, -0.2) is 0 Å². The lowest BCUT2D eigenvalue weighted by molar-refractivity contribution is -0.192. The van der Waals surface area contributed by atoms with Crippen LogP contribution in [0, 0.1) is 18.3 Å². The second kappa shape index (κ2) is 4.62. The molecule has 3 rings (SSSR count). The molecule has 0 bridgehead atoms. The molecule has 3 heteroatoms. The first-order valence-electron chi connectivity index (χ1n) is 6.99.